The number of alkyl halides is 2. The molecule has 0 unspecified atom stereocenters. The predicted molar refractivity (Wildman–Crippen MR) is 95.1 cm³/mol. The first-order chi connectivity index (χ1) is 11.8. The van der Waals surface area contributed by atoms with E-state index in [4.69, 9.17) is 4.74 Å². The van der Waals surface area contributed by atoms with Crippen molar-refractivity contribution in [1.82, 2.24) is 14.9 Å². The van der Waals surface area contributed by atoms with Crippen molar-refractivity contribution in [2.24, 2.45) is 0 Å². The Balaban J connectivity index is 1.61. The molecule has 4 nitrogen and oxygen atoms in total. The Morgan fingerprint density at radius 2 is 2.20 bits per heavy atom. The lowest BCUT2D eigenvalue weighted by atomic mass is 9.95. The highest BCUT2D eigenvalue weighted by molar-refractivity contribution is 7.99. The van der Waals surface area contributed by atoms with Crippen LogP contribution >= 0.6 is 11.8 Å². The molecule has 0 saturated carbocycles. The normalized spacial score (nSPS) is 27.2. The summed E-state index contributed by atoms with van der Waals surface area (Å²) >= 11 is 1.55. The Labute approximate surface area is 152 Å². The number of nitrogens with zero attached hydrogens (tertiary/aromatic N) is 3. The number of ether oxygens (including phenoxy) is 1. The molecule has 0 spiro atoms. The minimum absolute atomic E-state index is 0.183. The number of thioether (sulfide) groups is 1. The zero-order valence-corrected chi connectivity index (χ0v) is 16.0. The fourth-order valence-electron chi connectivity index (χ4n) is 3.95. The number of rotatable bonds is 7. The van der Waals surface area contributed by atoms with Gasteiger partial charge in [-0.2, -0.15) is 8.78 Å². The van der Waals surface area contributed by atoms with Crippen LogP contribution in [0.1, 0.15) is 52.1 Å². The van der Waals surface area contributed by atoms with Crippen LogP contribution in [0.15, 0.2) is 17.4 Å². The van der Waals surface area contributed by atoms with E-state index in [9.17, 15) is 8.78 Å². The third-order valence-corrected chi connectivity index (χ3v) is 6.31. The van der Waals surface area contributed by atoms with Crippen molar-refractivity contribution in [2.45, 2.75) is 75.1 Å². The maximum absolute atomic E-state index is 13.4. The largest absolute Gasteiger partial charge is 0.377 e. The molecule has 2 aliphatic heterocycles. The molecule has 0 N–H and O–H groups in total. The molecule has 7 heteroatoms. The molecule has 0 amide bonds. The van der Waals surface area contributed by atoms with E-state index in [1.807, 2.05) is 0 Å². The van der Waals surface area contributed by atoms with Gasteiger partial charge in [-0.05, 0) is 52.1 Å². The Morgan fingerprint density at radius 3 is 2.92 bits per heavy atom. The minimum Gasteiger partial charge on any atom is -0.377 e. The average molecular weight is 371 g/mol. The van der Waals surface area contributed by atoms with Gasteiger partial charge in [0.05, 0.1) is 17.7 Å². The molecular formula is C18H27F2N3OS. The molecule has 2 atom stereocenters. The Kier molecular flexibility index (Phi) is 5.66. The molecule has 0 aliphatic carbocycles. The maximum Gasteiger partial charge on any atom is 0.287 e. The quantitative estimate of drug-likeness (QED) is 0.533. The van der Waals surface area contributed by atoms with Crippen molar-refractivity contribution in [1.29, 1.82) is 0 Å². The Bertz CT molecular complexity index is 596. The van der Waals surface area contributed by atoms with E-state index in [0.717, 1.165) is 38.7 Å². The van der Waals surface area contributed by atoms with Crippen LogP contribution < -0.4 is 0 Å². The van der Waals surface area contributed by atoms with E-state index in [-0.39, 0.29) is 17.3 Å². The molecule has 3 rings (SSSR count). The second-order valence-electron chi connectivity index (χ2n) is 7.51. The first-order valence-electron chi connectivity index (χ1n) is 9.02. The van der Waals surface area contributed by atoms with Gasteiger partial charge in [0.2, 0.25) is 0 Å². The summed E-state index contributed by atoms with van der Waals surface area (Å²) in [5, 5.41) is 0.627. The molecule has 140 valence electrons. The number of hydrogen-bond donors (Lipinski definition) is 0. The van der Waals surface area contributed by atoms with Crippen LogP contribution in [0, 0.1) is 0 Å². The monoisotopic (exact) mass is 371 g/mol. The second-order valence-corrected chi connectivity index (χ2v) is 8.55. The van der Waals surface area contributed by atoms with Crippen LogP contribution in [0.3, 0.4) is 0 Å². The molecule has 25 heavy (non-hydrogen) atoms. The molecule has 0 bridgehead atoms. The van der Waals surface area contributed by atoms with Crippen LogP contribution in [0.4, 0.5) is 8.78 Å². The van der Waals surface area contributed by atoms with Crippen molar-refractivity contribution in [3.8, 4) is 0 Å². The van der Waals surface area contributed by atoms with E-state index < -0.39 is 5.92 Å². The standard InChI is InChI=1S/C18H27F2N3OS/c1-13(2)24-11-18-6-4-8-23(18)14(5-7-18)10-25-16-9-15(17(3,19)20)21-12-22-16/h9,12-14H,4-8,10-11H2,1-3H3/t14-,18-/m0/s1. The summed E-state index contributed by atoms with van der Waals surface area (Å²) in [5.74, 6) is -2.06. The van der Waals surface area contributed by atoms with Gasteiger partial charge in [0.15, 0.2) is 0 Å². The topological polar surface area (TPSA) is 38.2 Å². The lowest BCUT2D eigenvalue weighted by Gasteiger charge is -2.35. The van der Waals surface area contributed by atoms with E-state index in [2.05, 4.69) is 28.7 Å². The van der Waals surface area contributed by atoms with Crippen LogP contribution in [0.2, 0.25) is 0 Å². The van der Waals surface area contributed by atoms with Crippen LogP contribution in [0.25, 0.3) is 0 Å². The summed E-state index contributed by atoms with van der Waals surface area (Å²) < 4.78 is 32.8. The molecule has 0 radical (unpaired) electrons. The second kappa shape index (κ2) is 7.45. The van der Waals surface area contributed by atoms with Crippen molar-refractivity contribution in [2.75, 3.05) is 18.9 Å². The number of aromatic nitrogens is 2. The first kappa shape index (κ1) is 19.0. The van der Waals surface area contributed by atoms with Gasteiger partial charge in [-0.25, -0.2) is 9.97 Å². The number of halogens is 2. The summed E-state index contributed by atoms with van der Waals surface area (Å²) in [6.07, 6.45) is 6.19. The molecule has 2 saturated heterocycles. The fraction of sp³-hybridized carbons (Fsp3) is 0.778. The zero-order chi connectivity index (χ0) is 18.1. The van der Waals surface area contributed by atoms with Gasteiger partial charge >= 0.3 is 0 Å². The van der Waals surface area contributed by atoms with Gasteiger partial charge in [-0.1, -0.05) is 0 Å². The van der Waals surface area contributed by atoms with Gasteiger partial charge in [0.1, 0.15) is 12.0 Å². The Hall–Kier alpha value is -0.790. The number of fused-ring (bicyclic) bond motifs is 1. The lowest BCUT2D eigenvalue weighted by Crippen LogP contribution is -2.46. The highest BCUT2D eigenvalue weighted by atomic mass is 32.2. The van der Waals surface area contributed by atoms with Crippen molar-refractivity contribution in [3.63, 3.8) is 0 Å². The SMILES string of the molecule is CC(C)OC[C@@]12CCCN1[C@H](CSc1cc(C(C)(F)F)ncn1)CC2. The van der Waals surface area contributed by atoms with Gasteiger partial charge < -0.3 is 4.74 Å². The van der Waals surface area contributed by atoms with E-state index in [1.54, 1.807) is 11.8 Å². The third-order valence-electron chi connectivity index (χ3n) is 5.23. The predicted octanol–water partition coefficient (Wildman–Crippen LogP) is 4.10. The van der Waals surface area contributed by atoms with Crippen LogP contribution in [-0.4, -0.2) is 51.5 Å². The Morgan fingerprint density at radius 1 is 1.40 bits per heavy atom. The highest BCUT2D eigenvalue weighted by Crippen LogP contribution is 2.44. The van der Waals surface area contributed by atoms with Gasteiger partial charge in [-0.15, -0.1) is 11.8 Å². The van der Waals surface area contributed by atoms with Crippen LogP contribution in [-0.2, 0) is 10.7 Å². The molecule has 0 aromatic carbocycles. The fourth-order valence-corrected chi connectivity index (χ4v) is 4.98. The van der Waals surface area contributed by atoms with Gasteiger partial charge in [-0.3, -0.25) is 4.90 Å². The molecule has 2 fully saturated rings. The summed E-state index contributed by atoms with van der Waals surface area (Å²) in [7, 11) is 0. The van der Waals surface area contributed by atoms with Gasteiger partial charge in [0.25, 0.3) is 5.92 Å². The van der Waals surface area contributed by atoms with Gasteiger partial charge in [0, 0.05) is 24.3 Å². The van der Waals surface area contributed by atoms with Crippen molar-refractivity contribution < 1.29 is 13.5 Å². The molecule has 1 aromatic heterocycles. The van der Waals surface area contributed by atoms with Crippen molar-refractivity contribution in [3.05, 3.63) is 18.1 Å². The molecule has 2 aliphatic rings. The number of hydrogen-bond acceptors (Lipinski definition) is 5. The summed E-state index contributed by atoms with van der Waals surface area (Å²) in [5.41, 5.74) is -0.0275. The van der Waals surface area contributed by atoms with E-state index in [0.29, 0.717) is 11.1 Å². The average Bonchev–Trinajstić information content (AvgIpc) is 3.10. The summed E-state index contributed by atoms with van der Waals surface area (Å²) in [6, 6.07) is 1.88. The first-order valence-corrected chi connectivity index (χ1v) is 10.0. The maximum atomic E-state index is 13.4. The molecular weight excluding hydrogens is 344 g/mol. The molecule has 1 aromatic rings. The van der Waals surface area contributed by atoms with E-state index >= 15 is 0 Å². The smallest absolute Gasteiger partial charge is 0.287 e. The zero-order valence-electron chi connectivity index (χ0n) is 15.2. The summed E-state index contributed by atoms with van der Waals surface area (Å²) in [6.45, 7) is 6.93. The summed E-state index contributed by atoms with van der Waals surface area (Å²) in [4.78, 5) is 10.4. The molecule has 3 heterocycles. The third kappa shape index (κ3) is 4.31. The van der Waals surface area contributed by atoms with Crippen molar-refractivity contribution >= 4 is 11.8 Å². The highest BCUT2D eigenvalue weighted by Gasteiger charge is 2.49. The minimum atomic E-state index is -2.93. The van der Waals surface area contributed by atoms with E-state index in [1.165, 1.54) is 25.2 Å². The lowest BCUT2D eigenvalue weighted by molar-refractivity contribution is -0.00318. The van der Waals surface area contributed by atoms with Crippen LogP contribution in [0.5, 0.6) is 0 Å².